The third-order valence-corrected chi connectivity index (χ3v) is 6.08. The van der Waals surface area contributed by atoms with Crippen LogP contribution in [0, 0.1) is 6.92 Å². The number of ether oxygens (including phenoxy) is 1. The molecular formula is C25H25N5O4. The zero-order valence-electron chi connectivity index (χ0n) is 19.3. The van der Waals surface area contributed by atoms with Crippen LogP contribution in [-0.2, 0) is 22.6 Å². The van der Waals surface area contributed by atoms with E-state index in [0.29, 0.717) is 29.6 Å². The molecule has 2 aliphatic heterocycles. The van der Waals surface area contributed by atoms with Crippen molar-refractivity contribution in [3.05, 3.63) is 65.5 Å². The number of benzene rings is 2. The maximum absolute atomic E-state index is 13.2. The summed E-state index contributed by atoms with van der Waals surface area (Å²) in [6.45, 7) is 6.60. The van der Waals surface area contributed by atoms with Crippen LogP contribution in [0.5, 0.6) is 5.75 Å². The molecular weight excluding hydrogens is 434 g/mol. The van der Waals surface area contributed by atoms with Gasteiger partial charge in [0.05, 0.1) is 18.8 Å². The maximum Gasteiger partial charge on any atom is 0.263 e. The molecule has 2 unspecified atom stereocenters. The maximum atomic E-state index is 13.2. The van der Waals surface area contributed by atoms with Gasteiger partial charge in [-0.05, 0) is 62.2 Å². The minimum absolute atomic E-state index is 0.207. The second kappa shape index (κ2) is 8.74. The summed E-state index contributed by atoms with van der Waals surface area (Å²) in [5, 5.41) is 9.75. The number of amides is 2. The monoisotopic (exact) mass is 459 g/mol. The van der Waals surface area contributed by atoms with E-state index < -0.39 is 12.1 Å². The van der Waals surface area contributed by atoms with Crippen molar-refractivity contribution in [3.63, 3.8) is 0 Å². The van der Waals surface area contributed by atoms with Crippen LogP contribution in [0.2, 0.25) is 0 Å². The van der Waals surface area contributed by atoms with Gasteiger partial charge < -0.3 is 9.15 Å². The molecule has 0 aliphatic carbocycles. The highest BCUT2D eigenvalue weighted by Gasteiger charge is 2.54. The lowest BCUT2D eigenvalue weighted by Crippen LogP contribution is -2.39. The Labute approximate surface area is 197 Å². The van der Waals surface area contributed by atoms with Crippen LogP contribution >= 0.6 is 0 Å². The normalized spacial score (nSPS) is 19.3. The molecule has 2 amide bonds. The molecule has 0 radical (unpaired) electrons. The van der Waals surface area contributed by atoms with Crippen LogP contribution in [0.25, 0.3) is 11.5 Å². The molecule has 5 rings (SSSR count). The number of carbonyl (C=O) groups is 2. The number of carbonyl (C=O) groups excluding carboxylic acids is 2. The molecule has 2 atom stereocenters. The van der Waals surface area contributed by atoms with Crippen molar-refractivity contribution in [2.75, 3.05) is 11.5 Å². The number of hydrogen-bond acceptors (Lipinski definition) is 8. The van der Waals surface area contributed by atoms with Crippen LogP contribution < -0.4 is 9.64 Å². The Balaban J connectivity index is 1.34. The molecule has 9 heteroatoms. The van der Waals surface area contributed by atoms with E-state index >= 15 is 0 Å². The van der Waals surface area contributed by atoms with Crippen molar-refractivity contribution < 1.29 is 18.7 Å². The quantitative estimate of drug-likeness (QED) is 0.493. The SMILES string of the molecule is CCOc1ccc(-c2nc(CN3N=NC4C(=O)N(c5ccc(CC)cc5)C(=O)C43)c(C)o2)cc1. The van der Waals surface area contributed by atoms with Gasteiger partial charge in [0.25, 0.3) is 11.8 Å². The number of aryl methyl sites for hydroxylation is 2. The number of nitrogens with zero attached hydrogens (tertiary/aromatic N) is 5. The summed E-state index contributed by atoms with van der Waals surface area (Å²) < 4.78 is 11.4. The molecule has 0 saturated carbocycles. The molecule has 3 heterocycles. The van der Waals surface area contributed by atoms with E-state index in [0.717, 1.165) is 23.3 Å². The predicted octanol–water partition coefficient (Wildman–Crippen LogP) is 4.10. The van der Waals surface area contributed by atoms with E-state index in [-0.39, 0.29) is 18.4 Å². The first kappa shape index (κ1) is 21.8. The van der Waals surface area contributed by atoms with E-state index in [1.54, 1.807) is 12.1 Å². The van der Waals surface area contributed by atoms with Gasteiger partial charge in [0.2, 0.25) is 5.89 Å². The van der Waals surface area contributed by atoms with Crippen molar-refractivity contribution in [2.24, 2.45) is 10.3 Å². The minimum atomic E-state index is -0.851. The Morgan fingerprint density at radius 3 is 2.41 bits per heavy atom. The largest absolute Gasteiger partial charge is 0.494 e. The van der Waals surface area contributed by atoms with E-state index in [4.69, 9.17) is 9.15 Å². The summed E-state index contributed by atoms with van der Waals surface area (Å²) in [4.78, 5) is 32.0. The zero-order chi connectivity index (χ0) is 23.8. The van der Waals surface area contributed by atoms with Gasteiger partial charge >= 0.3 is 0 Å². The molecule has 0 bridgehead atoms. The van der Waals surface area contributed by atoms with Crippen molar-refractivity contribution in [3.8, 4) is 17.2 Å². The molecule has 3 aromatic rings. The second-order valence-corrected chi connectivity index (χ2v) is 8.20. The van der Waals surface area contributed by atoms with Gasteiger partial charge in [0.15, 0.2) is 12.1 Å². The number of aromatic nitrogens is 1. The first-order valence-electron chi connectivity index (χ1n) is 11.3. The highest BCUT2D eigenvalue weighted by atomic mass is 16.5. The van der Waals surface area contributed by atoms with Crippen LogP contribution in [0.4, 0.5) is 5.69 Å². The summed E-state index contributed by atoms with van der Waals surface area (Å²) in [6.07, 6.45) is 0.880. The number of hydrogen-bond donors (Lipinski definition) is 0. The van der Waals surface area contributed by atoms with Gasteiger partial charge in [0.1, 0.15) is 17.2 Å². The fraction of sp³-hybridized carbons (Fsp3) is 0.320. The summed E-state index contributed by atoms with van der Waals surface area (Å²) in [7, 11) is 0. The van der Waals surface area contributed by atoms with E-state index in [1.807, 2.05) is 50.2 Å². The fourth-order valence-electron chi connectivity index (χ4n) is 4.20. The van der Waals surface area contributed by atoms with Crippen LogP contribution in [-0.4, -0.2) is 40.5 Å². The average Bonchev–Trinajstić information content (AvgIpc) is 3.50. The van der Waals surface area contributed by atoms with Crippen LogP contribution in [0.15, 0.2) is 63.3 Å². The number of imide groups is 1. The van der Waals surface area contributed by atoms with E-state index in [2.05, 4.69) is 22.2 Å². The Hall–Kier alpha value is -4.01. The molecule has 1 fully saturated rings. The van der Waals surface area contributed by atoms with Crippen molar-refractivity contribution in [1.29, 1.82) is 0 Å². The van der Waals surface area contributed by atoms with E-state index in [9.17, 15) is 9.59 Å². The number of fused-ring (bicyclic) bond motifs is 1. The van der Waals surface area contributed by atoms with Gasteiger partial charge in [-0.3, -0.25) is 14.6 Å². The van der Waals surface area contributed by atoms with Gasteiger partial charge in [-0.15, -0.1) is 0 Å². The highest BCUT2D eigenvalue weighted by Crippen LogP contribution is 2.34. The number of rotatable bonds is 7. The lowest BCUT2D eigenvalue weighted by molar-refractivity contribution is -0.123. The third kappa shape index (κ3) is 3.72. The molecule has 2 aromatic carbocycles. The van der Waals surface area contributed by atoms with Crippen molar-refractivity contribution >= 4 is 17.5 Å². The zero-order valence-corrected chi connectivity index (χ0v) is 19.3. The smallest absolute Gasteiger partial charge is 0.263 e. The van der Waals surface area contributed by atoms with Gasteiger partial charge in [-0.2, -0.15) is 5.11 Å². The van der Waals surface area contributed by atoms with Gasteiger partial charge in [0, 0.05) is 5.56 Å². The van der Waals surface area contributed by atoms with E-state index in [1.165, 1.54) is 9.91 Å². The fourth-order valence-corrected chi connectivity index (χ4v) is 4.20. The molecule has 0 spiro atoms. The van der Waals surface area contributed by atoms with Crippen LogP contribution in [0.1, 0.15) is 30.9 Å². The molecule has 34 heavy (non-hydrogen) atoms. The average molecular weight is 460 g/mol. The minimum Gasteiger partial charge on any atom is -0.494 e. The second-order valence-electron chi connectivity index (χ2n) is 8.20. The molecule has 1 saturated heterocycles. The van der Waals surface area contributed by atoms with Crippen molar-refractivity contribution in [1.82, 2.24) is 9.99 Å². The lowest BCUT2D eigenvalue weighted by atomic mass is 10.1. The lowest BCUT2D eigenvalue weighted by Gasteiger charge is -2.20. The number of anilines is 1. The van der Waals surface area contributed by atoms with Gasteiger partial charge in [-0.1, -0.05) is 24.3 Å². The summed E-state index contributed by atoms with van der Waals surface area (Å²) in [5.41, 5.74) is 3.13. The molecule has 1 aromatic heterocycles. The number of oxazole rings is 1. The summed E-state index contributed by atoms with van der Waals surface area (Å²) >= 11 is 0. The first-order chi connectivity index (χ1) is 16.5. The summed E-state index contributed by atoms with van der Waals surface area (Å²) in [5.74, 6) is 1.16. The standard InChI is InChI=1S/C25H25N5O4/c1-4-16-6-10-18(11-7-16)30-24(31)21-22(25(30)32)29(28-27-21)14-20-15(3)34-23(26-20)17-8-12-19(13-9-17)33-5-2/h6-13,21-22H,4-5,14H2,1-3H3. The molecule has 0 N–H and O–H groups in total. The van der Waals surface area contributed by atoms with Gasteiger partial charge in [-0.25, -0.2) is 9.88 Å². The summed E-state index contributed by atoms with van der Waals surface area (Å²) in [6, 6.07) is 13.3. The highest BCUT2D eigenvalue weighted by molar-refractivity contribution is 6.25. The molecule has 174 valence electrons. The topological polar surface area (TPSA) is 101 Å². The molecule has 9 nitrogen and oxygen atoms in total. The third-order valence-electron chi connectivity index (χ3n) is 6.08. The Morgan fingerprint density at radius 2 is 1.74 bits per heavy atom. The predicted molar refractivity (Wildman–Crippen MR) is 124 cm³/mol. The molecule has 2 aliphatic rings. The van der Waals surface area contributed by atoms with Crippen molar-refractivity contribution in [2.45, 2.75) is 45.8 Å². The Kier molecular flexibility index (Phi) is 5.61. The first-order valence-corrected chi connectivity index (χ1v) is 11.3. The van der Waals surface area contributed by atoms with Crippen LogP contribution in [0.3, 0.4) is 0 Å². The Morgan fingerprint density at radius 1 is 1.00 bits per heavy atom. The Bertz CT molecular complexity index is 1250.